The lowest BCUT2D eigenvalue weighted by Crippen LogP contribution is -1.82. The summed E-state index contributed by atoms with van der Waals surface area (Å²) in [5.41, 5.74) is 0.473. The van der Waals surface area contributed by atoms with Crippen LogP contribution in [0.15, 0.2) is 22.7 Å². The fourth-order valence-electron chi connectivity index (χ4n) is 0.943. The standard InChI is InChI=1S/C8H7N3O2/c1-5-9-8(13-11-5)6-3-2-4-7(12)10-6/h2-4H,1H3,(H,10,12). The first kappa shape index (κ1) is 7.72. The van der Waals surface area contributed by atoms with E-state index < -0.39 is 0 Å². The number of hydrogen-bond donors (Lipinski definition) is 1. The molecule has 0 aliphatic carbocycles. The number of aromatic hydroxyl groups is 1. The summed E-state index contributed by atoms with van der Waals surface area (Å²) in [4.78, 5) is 7.79. The van der Waals surface area contributed by atoms with Crippen LogP contribution in [0.1, 0.15) is 5.82 Å². The first-order chi connectivity index (χ1) is 6.25. The number of aromatic nitrogens is 3. The number of nitrogens with zero attached hydrogens (tertiary/aromatic N) is 3. The highest BCUT2D eigenvalue weighted by Crippen LogP contribution is 2.16. The third kappa shape index (κ3) is 1.48. The zero-order chi connectivity index (χ0) is 9.26. The molecular formula is C8H7N3O2. The van der Waals surface area contributed by atoms with Crippen molar-refractivity contribution >= 4 is 0 Å². The number of pyridine rings is 1. The Balaban J connectivity index is 2.46. The molecule has 0 aliphatic rings. The smallest absolute Gasteiger partial charge is 0.276 e. The van der Waals surface area contributed by atoms with Crippen molar-refractivity contribution in [3.8, 4) is 17.5 Å². The molecule has 2 aromatic heterocycles. The van der Waals surface area contributed by atoms with Gasteiger partial charge in [0.15, 0.2) is 5.82 Å². The largest absolute Gasteiger partial charge is 0.493 e. The molecule has 0 bridgehead atoms. The van der Waals surface area contributed by atoms with Gasteiger partial charge in [0, 0.05) is 6.07 Å². The Morgan fingerprint density at radius 3 is 2.77 bits per heavy atom. The van der Waals surface area contributed by atoms with Crippen molar-refractivity contribution in [2.45, 2.75) is 6.92 Å². The van der Waals surface area contributed by atoms with Crippen LogP contribution in [0.5, 0.6) is 5.88 Å². The summed E-state index contributed by atoms with van der Waals surface area (Å²) in [5.74, 6) is 0.793. The summed E-state index contributed by atoms with van der Waals surface area (Å²) in [6.45, 7) is 1.72. The first-order valence-corrected chi connectivity index (χ1v) is 3.72. The summed E-state index contributed by atoms with van der Waals surface area (Å²) in [6, 6.07) is 4.83. The molecule has 2 heterocycles. The van der Waals surface area contributed by atoms with E-state index in [2.05, 4.69) is 15.1 Å². The molecule has 0 radical (unpaired) electrons. The average Bonchev–Trinajstić information content (AvgIpc) is 2.52. The molecule has 0 atom stereocenters. The Kier molecular flexibility index (Phi) is 1.70. The van der Waals surface area contributed by atoms with E-state index in [0.29, 0.717) is 17.4 Å². The van der Waals surface area contributed by atoms with Gasteiger partial charge < -0.3 is 9.63 Å². The normalized spacial score (nSPS) is 10.2. The molecule has 0 spiro atoms. The molecule has 2 aromatic rings. The molecule has 0 amide bonds. The summed E-state index contributed by atoms with van der Waals surface area (Å²) in [5, 5.41) is 12.7. The van der Waals surface area contributed by atoms with E-state index in [-0.39, 0.29) is 5.88 Å². The maximum absolute atomic E-state index is 9.08. The highest BCUT2D eigenvalue weighted by molar-refractivity contribution is 5.46. The first-order valence-electron chi connectivity index (χ1n) is 3.72. The summed E-state index contributed by atoms with van der Waals surface area (Å²) in [6.07, 6.45) is 0. The Hall–Kier alpha value is -1.91. The van der Waals surface area contributed by atoms with E-state index in [1.54, 1.807) is 19.1 Å². The topological polar surface area (TPSA) is 72.0 Å². The van der Waals surface area contributed by atoms with Gasteiger partial charge in [-0.05, 0) is 13.0 Å². The highest BCUT2D eigenvalue weighted by Gasteiger charge is 2.07. The molecule has 0 aromatic carbocycles. The van der Waals surface area contributed by atoms with Gasteiger partial charge in [-0.2, -0.15) is 4.98 Å². The Morgan fingerprint density at radius 2 is 2.15 bits per heavy atom. The number of rotatable bonds is 1. The Bertz CT molecular complexity index is 425. The van der Waals surface area contributed by atoms with E-state index in [1.165, 1.54) is 6.07 Å². The molecule has 5 nitrogen and oxygen atoms in total. The van der Waals surface area contributed by atoms with Crippen molar-refractivity contribution in [2.24, 2.45) is 0 Å². The molecule has 1 N–H and O–H groups in total. The quantitative estimate of drug-likeness (QED) is 0.707. The van der Waals surface area contributed by atoms with Gasteiger partial charge >= 0.3 is 0 Å². The van der Waals surface area contributed by atoms with Gasteiger partial charge in [-0.15, -0.1) is 0 Å². The molecule has 0 saturated carbocycles. The third-order valence-electron chi connectivity index (χ3n) is 1.48. The predicted octanol–water partition coefficient (Wildman–Crippen LogP) is 1.15. The van der Waals surface area contributed by atoms with Crippen LogP contribution >= 0.6 is 0 Å². The maximum Gasteiger partial charge on any atom is 0.276 e. The molecule has 13 heavy (non-hydrogen) atoms. The number of aryl methyl sites for hydroxylation is 1. The molecule has 0 unspecified atom stereocenters. The van der Waals surface area contributed by atoms with Crippen LogP contribution in [0.3, 0.4) is 0 Å². The van der Waals surface area contributed by atoms with Crippen LogP contribution in [-0.4, -0.2) is 20.2 Å². The minimum Gasteiger partial charge on any atom is -0.493 e. The average molecular weight is 177 g/mol. The van der Waals surface area contributed by atoms with E-state index in [9.17, 15) is 0 Å². The van der Waals surface area contributed by atoms with Gasteiger partial charge in [-0.1, -0.05) is 11.2 Å². The van der Waals surface area contributed by atoms with Crippen molar-refractivity contribution in [3.63, 3.8) is 0 Å². The van der Waals surface area contributed by atoms with Crippen molar-refractivity contribution in [1.82, 2.24) is 15.1 Å². The molecule has 66 valence electrons. The summed E-state index contributed by atoms with van der Waals surface area (Å²) in [7, 11) is 0. The second-order valence-electron chi connectivity index (χ2n) is 2.53. The molecular weight excluding hydrogens is 170 g/mol. The molecule has 0 aliphatic heterocycles. The lowest BCUT2D eigenvalue weighted by molar-refractivity contribution is 0.421. The van der Waals surface area contributed by atoms with Gasteiger partial charge in [-0.3, -0.25) is 0 Å². The lowest BCUT2D eigenvalue weighted by atomic mass is 10.3. The van der Waals surface area contributed by atoms with Crippen molar-refractivity contribution in [1.29, 1.82) is 0 Å². The Morgan fingerprint density at radius 1 is 1.31 bits per heavy atom. The van der Waals surface area contributed by atoms with Crippen LogP contribution in [0, 0.1) is 6.92 Å². The SMILES string of the molecule is Cc1noc(-c2cccc(O)n2)n1. The lowest BCUT2D eigenvalue weighted by Gasteiger charge is -1.92. The zero-order valence-electron chi connectivity index (χ0n) is 6.93. The van der Waals surface area contributed by atoms with E-state index in [1.807, 2.05) is 0 Å². The second kappa shape index (κ2) is 2.85. The summed E-state index contributed by atoms with van der Waals surface area (Å²) >= 11 is 0. The zero-order valence-corrected chi connectivity index (χ0v) is 6.93. The monoisotopic (exact) mass is 177 g/mol. The van der Waals surface area contributed by atoms with Gasteiger partial charge in [0.05, 0.1) is 0 Å². The van der Waals surface area contributed by atoms with Gasteiger partial charge in [0.2, 0.25) is 5.88 Å². The van der Waals surface area contributed by atoms with Gasteiger partial charge in [0.25, 0.3) is 5.89 Å². The predicted molar refractivity (Wildman–Crippen MR) is 43.9 cm³/mol. The van der Waals surface area contributed by atoms with Crippen molar-refractivity contribution in [2.75, 3.05) is 0 Å². The van der Waals surface area contributed by atoms with Gasteiger partial charge in [0.1, 0.15) is 5.69 Å². The number of hydrogen-bond acceptors (Lipinski definition) is 5. The van der Waals surface area contributed by atoms with Crippen LogP contribution in [0.2, 0.25) is 0 Å². The van der Waals surface area contributed by atoms with Crippen LogP contribution in [0.4, 0.5) is 0 Å². The molecule has 0 saturated heterocycles. The summed E-state index contributed by atoms with van der Waals surface area (Å²) < 4.78 is 4.87. The van der Waals surface area contributed by atoms with Crippen molar-refractivity contribution < 1.29 is 9.63 Å². The molecule has 5 heteroatoms. The van der Waals surface area contributed by atoms with Crippen LogP contribution in [-0.2, 0) is 0 Å². The molecule has 0 fully saturated rings. The third-order valence-corrected chi connectivity index (χ3v) is 1.48. The minimum atomic E-state index is -0.0617. The van der Waals surface area contributed by atoms with E-state index in [0.717, 1.165) is 0 Å². The highest BCUT2D eigenvalue weighted by atomic mass is 16.5. The fraction of sp³-hybridized carbons (Fsp3) is 0.125. The van der Waals surface area contributed by atoms with Crippen LogP contribution < -0.4 is 0 Å². The van der Waals surface area contributed by atoms with Crippen LogP contribution in [0.25, 0.3) is 11.6 Å². The van der Waals surface area contributed by atoms with E-state index >= 15 is 0 Å². The van der Waals surface area contributed by atoms with Crippen molar-refractivity contribution in [3.05, 3.63) is 24.0 Å². The fourth-order valence-corrected chi connectivity index (χ4v) is 0.943. The minimum absolute atomic E-state index is 0.0617. The molecule has 2 rings (SSSR count). The Labute approximate surface area is 74.1 Å². The second-order valence-corrected chi connectivity index (χ2v) is 2.53. The van der Waals surface area contributed by atoms with Gasteiger partial charge in [-0.25, -0.2) is 4.98 Å². The maximum atomic E-state index is 9.08. The van der Waals surface area contributed by atoms with E-state index in [4.69, 9.17) is 9.63 Å².